The summed E-state index contributed by atoms with van der Waals surface area (Å²) >= 11 is 2.95. The van der Waals surface area contributed by atoms with Crippen LogP contribution in [0.4, 0.5) is 5.13 Å². The number of carbonyl (C=O) groups excluding carboxylic acids is 1. The Bertz CT molecular complexity index is 827. The zero-order chi connectivity index (χ0) is 16.0. The van der Waals surface area contributed by atoms with Gasteiger partial charge in [-0.1, -0.05) is 23.1 Å². The molecule has 4 rings (SSSR count). The topological polar surface area (TPSA) is 89.8 Å². The third-order valence-corrected chi connectivity index (χ3v) is 6.05. The van der Waals surface area contributed by atoms with Crippen LogP contribution in [0.2, 0.25) is 0 Å². The van der Waals surface area contributed by atoms with Gasteiger partial charge in [-0.15, -0.1) is 10.2 Å². The van der Waals surface area contributed by atoms with Crippen LogP contribution in [0.15, 0.2) is 16.1 Å². The number of amides is 1. The van der Waals surface area contributed by atoms with Crippen molar-refractivity contribution in [2.45, 2.75) is 43.3 Å². The molecule has 0 radical (unpaired) electrons. The van der Waals surface area contributed by atoms with Crippen LogP contribution in [0, 0.1) is 6.92 Å². The van der Waals surface area contributed by atoms with Crippen LogP contribution in [-0.2, 0) is 4.79 Å². The van der Waals surface area contributed by atoms with Gasteiger partial charge in [-0.25, -0.2) is 4.98 Å². The summed E-state index contributed by atoms with van der Waals surface area (Å²) in [5, 5.41) is 13.1. The molecule has 23 heavy (non-hydrogen) atoms. The van der Waals surface area contributed by atoms with Gasteiger partial charge in [0.2, 0.25) is 11.0 Å². The van der Waals surface area contributed by atoms with Gasteiger partial charge in [-0.3, -0.25) is 14.2 Å². The van der Waals surface area contributed by atoms with Crippen LogP contribution in [-0.4, -0.2) is 31.4 Å². The van der Waals surface area contributed by atoms with Crippen LogP contribution in [0.1, 0.15) is 41.8 Å². The smallest absolute Gasteiger partial charge is 0.257 e. The van der Waals surface area contributed by atoms with E-state index >= 15 is 0 Å². The quantitative estimate of drug-likeness (QED) is 0.849. The Morgan fingerprint density at radius 3 is 3.04 bits per heavy atom. The lowest BCUT2D eigenvalue weighted by Gasteiger charge is -2.12. The number of hydrogen-bond acceptors (Lipinski definition) is 7. The number of nitrogens with one attached hydrogen (secondary N) is 1. The lowest BCUT2D eigenvalue weighted by Crippen LogP contribution is -2.28. The van der Waals surface area contributed by atoms with Gasteiger partial charge < -0.3 is 5.32 Å². The molecule has 2 aliphatic rings. The third-order valence-electron chi connectivity index (χ3n) is 3.94. The lowest BCUT2D eigenvalue weighted by atomic mass is 10.2. The van der Waals surface area contributed by atoms with E-state index in [9.17, 15) is 9.59 Å². The summed E-state index contributed by atoms with van der Waals surface area (Å²) in [5.41, 5.74) is 0.532. The van der Waals surface area contributed by atoms with Gasteiger partial charge in [0.25, 0.3) is 5.56 Å². The Morgan fingerprint density at radius 1 is 1.43 bits per heavy atom. The summed E-state index contributed by atoms with van der Waals surface area (Å²) in [5.74, 6) is 1.07. The first-order valence-corrected chi connectivity index (χ1v) is 9.26. The van der Waals surface area contributed by atoms with Gasteiger partial charge in [0.1, 0.15) is 5.01 Å². The fourth-order valence-electron chi connectivity index (χ4n) is 2.54. The van der Waals surface area contributed by atoms with E-state index in [2.05, 4.69) is 20.5 Å². The molecule has 0 aromatic carbocycles. The SMILES string of the molecule is Cc1cnc2n(c1=O)C(CC(=O)Nc1nnc(C3CC3)s1)CS2. The maximum Gasteiger partial charge on any atom is 0.257 e. The molecule has 1 N–H and O–H groups in total. The highest BCUT2D eigenvalue weighted by Crippen LogP contribution is 2.42. The van der Waals surface area contributed by atoms with Gasteiger partial charge in [-0.2, -0.15) is 0 Å². The predicted molar refractivity (Wildman–Crippen MR) is 88.1 cm³/mol. The molecular weight excluding hydrogens is 334 g/mol. The van der Waals surface area contributed by atoms with Crippen molar-refractivity contribution in [2.75, 3.05) is 11.1 Å². The Labute approximate surface area is 140 Å². The third kappa shape index (κ3) is 2.90. The largest absolute Gasteiger partial charge is 0.300 e. The maximum atomic E-state index is 12.3. The normalized spacial score (nSPS) is 19.6. The molecule has 1 atom stereocenters. The van der Waals surface area contributed by atoms with E-state index in [1.165, 1.54) is 23.1 Å². The molecule has 1 amide bonds. The number of carbonyl (C=O) groups is 1. The Kier molecular flexibility index (Phi) is 3.68. The summed E-state index contributed by atoms with van der Waals surface area (Å²) in [6.07, 6.45) is 4.15. The Hall–Kier alpha value is -1.74. The van der Waals surface area contributed by atoms with E-state index in [1.807, 2.05) is 0 Å². The van der Waals surface area contributed by atoms with Crippen molar-refractivity contribution < 1.29 is 4.79 Å². The average Bonchev–Trinajstić information content (AvgIpc) is 3.14. The van der Waals surface area contributed by atoms with E-state index < -0.39 is 0 Å². The van der Waals surface area contributed by atoms with Crippen molar-refractivity contribution in [3.05, 3.63) is 27.1 Å². The maximum absolute atomic E-state index is 12.3. The van der Waals surface area contributed by atoms with E-state index in [4.69, 9.17) is 0 Å². The van der Waals surface area contributed by atoms with Gasteiger partial charge in [0, 0.05) is 29.9 Å². The highest BCUT2D eigenvalue weighted by Gasteiger charge is 2.29. The van der Waals surface area contributed by atoms with Crippen LogP contribution in [0.5, 0.6) is 0 Å². The molecule has 0 bridgehead atoms. The zero-order valence-electron chi connectivity index (χ0n) is 12.5. The molecular formula is C14H15N5O2S2. The molecule has 1 unspecified atom stereocenters. The van der Waals surface area contributed by atoms with Gasteiger partial charge in [0.05, 0.1) is 6.04 Å². The molecule has 1 aliphatic heterocycles. The second kappa shape index (κ2) is 5.72. The molecule has 1 fully saturated rings. The fourth-order valence-corrected chi connectivity index (χ4v) is 4.57. The summed E-state index contributed by atoms with van der Waals surface area (Å²) in [6, 6.07) is -0.161. The van der Waals surface area contributed by atoms with Crippen LogP contribution >= 0.6 is 23.1 Å². The van der Waals surface area contributed by atoms with E-state index in [0.717, 1.165) is 17.8 Å². The first-order chi connectivity index (χ1) is 11.1. The Balaban J connectivity index is 1.46. The van der Waals surface area contributed by atoms with Crippen LogP contribution < -0.4 is 10.9 Å². The number of aryl methyl sites for hydroxylation is 1. The number of hydrogen-bond donors (Lipinski definition) is 1. The fraction of sp³-hybridized carbons (Fsp3) is 0.500. The number of anilines is 1. The first kappa shape index (κ1) is 14.8. The minimum absolute atomic E-state index is 0.0651. The number of rotatable bonds is 4. The van der Waals surface area contributed by atoms with Crippen molar-refractivity contribution in [3.63, 3.8) is 0 Å². The second-order valence-corrected chi connectivity index (χ2v) is 7.83. The van der Waals surface area contributed by atoms with Crippen molar-refractivity contribution in [1.29, 1.82) is 0 Å². The first-order valence-electron chi connectivity index (χ1n) is 7.46. The minimum atomic E-state index is -0.161. The van der Waals surface area contributed by atoms with E-state index in [-0.39, 0.29) is 23.9 Å². The van der Waals surface area contributed by atoms with Gasteiger partial charge >= 0.3 is 0 Å². The van der Waals surface area contributed by atoms with Gasteiger partial charge in [0.15, 0.2) is 5.16 Å². The highest BCUT2D eigenvalue weighted by molar-refractivity contribution is 7.99. The van der Waals surface area contributed by atoms with Crippen molar-refractivity contribution in [2.24, 2.45) is 0 Å². The molecule has 1 aliphatic carbocycles. The molecule has 9 heteroatoms. The highest BCUT2D eigenvalue weighted by atomic mass is 32.2. The molecule has 0 spiro atoms. The Morgan fingerprint density at radius 2 is 2.26 bits per heavy atom. The number of aromatic nitrogens is 4. The molecule has 2 aromatic rings. The summed E-state index contributed by atoms with van der Waals surface area (Å²) < 4.78 is 1.63. The summed E-state index contributed by atoms with van der Waals surface area (Å²) in [7, 11) is 0. The average molecular weight is 349 g/mol. The number of thioether (sulfide) groups is 1. The second-order valence-electron chi connectivity index (χ2n) is 5.84. The molecule has 7 nitrogen and oxygen atoms in total. The van der Waals surface area contributed by atoms with Crippen LogP contribution in [0.25, 0.3) is 0 Å². The van der Waals surface area contributed by atoms with E-state index in [0.29, 0.717) is 27.5 Å². The minimum Gasteiger partial charge on any atom is -0.300 e. The molecule has 3 heterocycles. The molecule has 120 valence electrons. The lowest BCUT2D eigenvalue weighted by molar-refractivity contribution is -0.116. The predicted octanol–water partition coefficient (Wildman–Crippen LogP) is 1.96. The summed E-state index contributed by atoms with van der Waals surface area (Å²) in [6.45, 7) is 1.74. The van der Waals surface area contributed by atoms with Gasteiger partial charge in [-0.05, 0) is 19.8 Å². The van der Waals surface area contributed by atoms with E-state index in [1.54, 1.807) is 17.7 Å². The molecule has 0 saturated heterocycles. The number of nitrogens with zero attached hydrogens (tertiary/aromatic N) is 4. The summed E-state index contributed by atoms with van der Waals surface area (Å²) in [4.78, 5) is 28.8. The number of fused-ring (bicyclic) bond motifs is 1. The standard InChI is InChI=1S/C14H15N5O2S2/c1-7-5-15-14-19(12(7)21)9(6-22-14)4-10(20)16-13-18-17-11(23-13)8-2-3-8/h5,8-9H,2-4,6H2,1H3,(H,16,18,20). The van der Waals surface area contributed by atoms with Crippen molar-refractivity contribution >= 4 is 34.1 Å². The molecule has 2 aromatic heterocycles. The molecule has 1 saturated carbocycles. The van der Waals surface area contributed by atoms with Crippen molar-refractivity contribution in [3.8, 4) is 0 Å². The van der Waals surface area contributed by atoms with Crippen molar-refractivity contribution in [1.82, 2.24) is 19.7 Å². The zero-order valence-corrected chi connectivity index (χ0v) is 14.1. The van der Waals surface area contributed by atoms with Crippen LogP contribution in [0.3, 0.4) is 0 Å². The monoisotopic (exact) mass is 349 g/mol.